The van der Waals surface area contributed by atoms with Crippen molar-refractivity contribution in [3.8, 4) is 0 Å². The largest absolute Gasteiger partial charge is 0.0961 e. The minimum absolute atomic E-state index is 0.893. The summed E-state index contributed by atoms with van der Waals surface area (Å²) in [5.74, 6) is 0.893. The predicted octanol–water partition coefficient (Wildman–Crippen LogP) is 3.48. The normalized spacial score (nSPS) is 19.3. The average Bonchev–Trinajstić information content (AvgIpc) is 2.66. The molecule has 0 amide bonds. The number of allylic oxidation sites excluding steroid dienone is 5. The van der Waals surface area contributed by atoms with Gasteiger partial charge in [0.05, 0.1) is 0 Å². The topological polar surface area (TPSA) is 0 Å². The van der Waals surface area contributed by atoms with Crippen molar-refractivity contribution in [3.63, 3.8) is 0 Å². The van der Waals surface area contributed by atoms with Crippen LogP contribution >= 0.6 is 0 Å². The van der Waals surface area contributed by atoms with Gasteiger partial charge in [-0.15, -0.1) is 0 Å². The van der Waals surface area contributed by atoms with Crippen LogP contribution in [0.15, 0.2) is 36.0 Å². The van der Waals surface area contributed by atoms with Crippen molar-refractivity contribution in [1.82, 2.24) is 0 Å². The van der Waals surface area contributed by atoms with Crippen LogP contribution in [-0.4, -0.2) is 0 Å². The summed E-state index contributed by atoms with van der Waals surface area (Å²) in [6.45, 7) is 8.02. The van der Waals surface area contributed by atoms with Gasteiger partial charge in [-0.05, 0) is 32.6 Å². The number of rotatable bonds is 3. The molecule has 0 aromatic heterocycles. The van der Waals surface area contributed by atoms with E-state index < -0.39 is 0 Å². The van der Waals surface area contributed by atoms with Gasteiger partial charge in [-0.25, -0.2) is 0 Å². The molecule has 0 saturated heterocycles. The van der Waals surface area contributed by atoms with E-state index in [1.165, 1.54) is 18.4 Å². The Kier molecular flexibility index (Phi) is 2.70. The fourth-order valence-corrected chi connectivity index (χ4v) is 1.04. The average molecular weight is 148 g/mol. The van der Waals surface area contributed by atoms with Crippen molar-refractivity contribution in [2.45, 2.75) is 26.7 Å². The molecule has 1 saturated carbocycles. The highest BCUT2D eigenvalue weighted by atomic mass is 14.3. The first-order valence-electron chi connectivity index (χ1n) is 4.20. The van der Waals surface area contributed by atoms with Gasteiger partial charge >= 0.3 is 0 Å². The Morgan fingerprint density at radius 1 is 1.36 bits per heavy atom. The van der Waals surface area contributed by atoms with E-state index >= 15 is 0 Å². The van der Waals surface area contributed by atoms with E-state index in [4.69, 9.17) is 0 Å². The number of hydrogen-bond acceptors (Lipinski definition) is 0. The van der Waals surface area contributed by atoms with Gasteiger partial charge in [0, 0.05) is 0 Å². The quantitative estimate of drug-likeness (QED) is 0.537. The van der Waals surface area contributed by atoms with E-state index in [0.717, 1.165) is 11.5 Å². The Labute approximate surface area is 69.3 Å². The first-order valence-corrected chi connectivity index (χ1v) is 4.20. The molecule has 11 heavy (non-hydrogen) atoms. The highest BCUT2D eigenvalue weighted by Gasteiger charge is 2.21. The molecule has 0 aromatic rings. The van der Waals surface area contributed by atoms with Gasteiger partial charge in [0.25, 0.3) is 0 Å². The molecule has 0 aliphatic heterocycles. The van der Waals surface area contributed by atoms with Crippen LogP contribution in [0.1, 0.15) is 26.7 Å². The molecule has 0 atom stereocenters. The van der Waals surface area contributed by atoms with E-state index in [-0.39, 0.29) is 0 Å². The van der Waals surface area contributed by atoms with Crippen LogP contribution in [0.4, 0.5) is 0 Å². The fourth-order valence-electron chi connectivity index (χ4n) is 1.04. The molecule has 0 spiro atoms. The first kappa shape index (κ1) is 8.32. The van der Waals surface area contributed by atoms with Crippen molar-refractivity contribution in [3.05, 3.63) is 36.0 Å². The lowest BCUT2D eigenvalue weighted by molar-refractivity contribution is 1.01. The first-order chi connectivity index (χ1) is 5.20. The Balaban J connectivity index is 2.38. The van der Waals surface area contributed by atoms with E-state index in [9.17, 15) is 0 Å². The lowest BCUT2D eigenvalue weighted by Crippen LogP contribution is -1.74. The van der Waals surface area contributed by atoms with E-state index in [1.807, 2.05) is 13.0 Å². The minimum atomic E-state index is 0.893. The highest BCUT2D eigenvalue weighted by Crippen LogP contribution is 2.35. The van der Waals surface area contributed by atoms with Crippen LogP contribution < -0.4 is 0 Å². The maximum absolute atomic E-state index is 3.80. The highest BCUT2D eigenvalue weighted by molar-refractivity contribution is 5.22. The molecule has 0 heterocycles. The van der Waals surface area contributed by atoms with Crippen molar-refractivity contribution in [2.24, 2.45) is 5.92 Å². The molecule has 1 aliphatic carbocycles. The van der Waals surface area contributed by atoms with Gasteiger partial charge in [-0.2, -0.15) is 0 Å². The van der Waals surface area contributed by atoms with E-state index in [0.29, 0.717) is 0 Å². The van der Waals surface area contributed by atoms with E-state index in [2.05, 4.69) is 25.7 Å². The lowest BCUT2D eigenvalue weighted by Gasteiger charge is -1.91. The van der Waals surface area contributed by atoms with Crippen LogP contribution in [0.5, 0.6) is 0 Å². The molecule has 1 fully saturated rings. The molecule has 1 rings (SSSR count). The summed E-state index contributed by atoms with van der Waals surface area (Å²) in [5, 5.41) is 0. The molecule has 0 radical (unpaired) electrons. The van der Waals surface area contributed by atoms with Gasteiger partial charge in [0.1, 0.15) is 0 Å². The Bertz CT molecular complexity index is 202. The van der Waals surface area contributed by atoms with Crippen LogP contribution in [0.25, 0.3) is 0 Å². The Hall–Kier alpha value is -0.780. The second-order valence-corrected chi connectivity index (χ2v) is 3.39. The molecular weight excluding hydrogens is 132 g/mol. The maximum atomic E-state index is 3.80. The molecule has 0 N–H and O–H groups in total. The zero-order valence-corrected chi connectivity index (χ0v) is 7.43. The third-order valence-corrected chi connectivity index (χ3v) is 1.96. The summed E-state index contributed by atoms with van der Waals surface area (Å²) < 4.78 is 0. The second-order valence-electron chi connectivity index (χ2n) is 3.39. The van der Waals surface area contributed by atoms with Gasteiger partial charge in [-0.1, -0.05) is 36.0 Å². The van der Waals surface area contributed by atoms with Crippen molar-refractivity contribution in [1.29, 1.82) is 0 Å². The van der Waals surface area contributed by atoms with Crippen molar-refractivity contribution < 1.29 is 0 Å². The molecule has 0 heteroatoms. The standard InChI is InChI=1S/C11H16/c1-9(2)5-4-6-10(3)11-7-8-11/h4-6,11H,1,7-8H2,2-3H3. The van der Waals surface area contributed by atoms with Crippen molar-refractivity contribution in [2.75, 3.05) is 0 Å². The van der Waals surface area contributed by atoms with Crippen LogP contribution in [0, 0.1) is 5.92 Å². The monoisotopic (exact) mass is 148 g/mol. The van der Waals surface area contributed by atoms with Crippen molar-refractivity contribution >= 4 is 0 Å². The summed E-state index contributed by atoms with van der Waals surface area (Å²) in [4.78, 5) is 0. The smallest absolute Gasteiger partial charge is 0.0202 e. The summed E-state index contributed by atoms with van der Waals surface area (Å²) >= 11 is 0. The third-order valence-electron chi connectivity index (χ3n) is 1.96. The van der Waals surface area contributed by atoms with Crippen LogP contribution in [0.2, 0.25) is 0 Å². The summed E-state index contributed by atoms with van der Waals surface area (Å²) in [5.41, 5.74) is 2.63. The minimum Gasteiger partial charge on any atom is -0.0961 e. The predicted molar refractivity (Wildman–Crippen MR) is 50.4 cm³/mol. The summed E-state index contributed by atoms with van der Waals surface area (Å²) in [6.07, 6.45) is 9.13. The maximum Gasteiger partial charge on any atom is -0.0202 e. The van der Waals surface area contributed by atoms with Crippen LogP contribution in [0.3, 0.4) is 0 Å². The molecule has 0 nitrogen and oxygen atoms in total. The molecule has 0 unspecified atom stereocenters. The fraction of sp³-hybridized carbons (Fsp3) is 0.455. The Morgan fingerprint density at radius 2 is 2.00 bits per heavy atom. The summed E-state index contributed by atoms with van der Waals surface area (Å²) in [6, 6.07) is 0. The van der Waals surface area contributed by atoms with Crippen LogP contribution in [-0.2, 0) is 0 Å². The lowest BCUT2D eigenvalue weighted by atomic mass is 10.2. The summed E-state index contributed by atoms with van der Waals surface area (Å²) in [7, 11) is 0. The third kappa shape index (κ3) is 3.22. The SMILES string of the molecule is C=C(C)C=CC=C(C)C1CC1. The molecular formula is C11H16. The molecule has 1 aliphatic rings. The zero-order valence-electron chi connectivity index (χ0n) is 7.43. The van der Waals surface area contributed by atoms with Gasteiger partial charge in [0.15, 0.2) is 0 Å². The molecule has 0 bridgehead atoms. The van der Waals surface area contributed by atoms with E-state index in [1.54, 1.807) is 0 Å². The zero-order chi connectivity index (χ0) is 8.27. The second kappa shape index (κ2) is 3.56. The Morgan fingerprint density at radius 3 is 2.45 bits per heavy atom. The van der Waals surface area contributed by atoms with Gasteiger partial charge in [0.2, 0.25) is 0 Å². The van der Waals surface area contributed by atoms with Gasteiger partial charge < -0.3 is 0 Å². The molecule has 0 aromatic carbocycles. The number of hydrogen-bond donors (Lipinski definition) is 0. The van der Waals surface area contributed by atoms with Gasteiger partial charge in [-0.3, -0.25) is 0 Å². The molecule has 60 valence electrons.